The first-order valence-electron chi connectivity index (χ1n) is 6.97. The van der Waals surface area contributed by atoms with Crippen molar-refractivity contribution < 1.29 is 0 Å². The average molecular weight is 300 g/mol. The number of thioether (sulfide) groups is 1. The van der Waals surface area contributed by atoms with Crippen molar-refractivity contribution in [3.05, 3.63) is 40.1 Å². The van der Waals surface area contributed by atoms with Crippen LogP contribution in [0.3, 0.4) is 0 Å². The highest BCUT2D eigenvalue weighted by atomic mass is 32.2. The Morgan fingerprint density at radius 3 is 2.90 bits per heavy atom. The summed E-state index contributed by atoms with van der Waals surface area (Å²) in [7, 11) is 0. The van der Waals surface area contributed by atoms with Gasteiger partial charge >= 0.3 is 0 Å². The van der Waals surface area contributed by atoms with Crippen molar-refractivity contribution in [2.75, 3.05) is 13.1 Å². The zero-order valence-electron chi connectivity index (χ0n) is 11.6. The lowest BCUT2D eigenvalue weighted by molar-refractivity contribution is 0.642. The minimum atomic E-state index is 0.550. The molecule has 2 aliphatic heterocycles. The standard InChI is InChI=1S/C16H16N2S2/c1-10(2)15-14(18-8-7-17-16(18)20-15)13-9-11-5-3-4-6-12(11)19-13/h3-6,9-10H,7-8H2,1-2H3. The second-order valence-electron chi connectivity index (χ2n) is 5.43. The Balaban J connectivity index is 1.89. The van der Waals surface area contributed by atoms with Gasteiger partial charge in [-0.3, -0.25) is 4.99 Å². The second kappa shape index (κ2) is 4.64. The molecule has 1 aromatic carbocycles. The molecule has 0 radical (unpaired) electrons. The van der Waals surface area contributed by atoms with Crippen molar-refractivity contribution in [1.82, 2.24) is 4.90 Å². The fourth-order valence-corrected chi connectivity index (χ4v) is 5.14. The van der Waals surface area contributed by atoms with Gasteiger partial charge in [0.05, 0.1) is 17.1 Å². The van der Waals surface area contributed by atoms with E-state index >= 15 is 0 Å². The van der Waals surface area contributed by atoms with Crippen LogP contribution in [0.1, 0.15) is 18.7 Å². The summed E-state index contributed by atoms with van der Waals surface area (Å²) in [4.78, 5) is 9.89. The summed E-state index contributed by atoms with van der Waals surface area (Å²) in [5.41, 5.74) is 1.41. The molecule has 0 spiro atoms. The number of hydrogen-bond donors (Lipinski definition) is 0. The highest BCUT2D eigenvalue weighted by molar-refractivity contribution is 8.17. The molecule has 0 unspecified atom stereocenters. The first-order chi connectivity index (χ1) is 9.74. The number of aliphatic imine (C=N–C) groups is 1. The Labute approximate surface area is 127 Å². The quantitative estimate of drug-likeness (QED) is 0.802. The van der Waals surface area contributed by atoms with Crippen LogP contribution in [0.4, 0.5) is 0 Å². The number of allylic oxidation sites excluding steroid dienone is 1. The van der Waals surface area contributed by atoms with Crippen LogP contribution in [-0.2, 0) is 0 Å². The Morgan fingerprint density at radius 1 is 1.25 bits per heavy atom. The molecule has 2 nitrogen and oxygen atoms in total. The number of rotatable bonds is 2. The van der Waals surface area contributed by atoms with E-state index in [1.54, 1.807) is 0 Å². The van der Waals surface area contributed by atoms with E-state index in [-0.39, 0.29) is 0 Å². The van der Waals surface area contributed by atoms with Gasteiger partial charge in [-0.1, -0.05) is 43.8 Å². The third-order valence-corrected chi connectivity index (χ3v) is 6.23. The van der Waals surface area contributed by atoms with E-state index in [1.165, 1.54) is 30.7 Å². The van der Waals surface area contributed by atoms with Gasteiger partial charge in [0.1, 0.15) is 0 Å². The molecule has 0 bridgehead atoms. The molecule has 0 saturated heterocycles. The van der Waals surface area contributed by atoms with Gasteiger partial charge < -0.3 is 4.90 Å². The van der Waals surface area contributed by atoms with E-state index in [0.29, 0.717) is 5.92 Å². The van der Waals surface area contributed by atoms with Gasteiger partial charge in [-0.05, 0) is 23.4 Å². The van der Waals surface area contributed by atoms with Crippen LogP contribution in [-0.4, -0.2) is 23.2 Å². The van der Waals surface area contributed by atoms with Gasteiger partial charge in [-0.25, -0.2) is 0 Å². The normalized spacial score (nSPS) is 18.4. The van der Waals surface area contributed by atoms with Crippen LogP contribution >= 0.6 is 23.1 Å². The van der Waals surface area contributed by atoms with Crippen LogP contribution < -0.4 is 0 Å². The average Bonchev–Trinajstić information content (AvgIpc) is 3.10. The van der Waals surface area contributed by atoms with Gasteiger partial charge in [0.2, 0.25) is 0 Å². The van der Waals surface area contributed by atoms with Gasteiger partial charge in [-0.15, -0.1) is 11.3 Å². The number of fused-ring (bicyclic) bond motifs is 2. The van der Waals surface area contributed by atoms with E-state index in [2.05, 4.69) is 54.1 Å². The van der Waals surface area contributed by atoms with Crippen LogP contribution in [0.25, 0.3) is 15.8 Å². The van der Waals surface area contributed by atoms with Gasteiger partial charge in [0.15, 0.2) is 5.17 Å². The van der Waals surface area contributed by atoms with Crippen LogP contribution in [0.2, 0.25) is 0 Å². The minimum Gasteiger partial charge on any atom is -0.317 e. The molecular formula is C16H16N2S2. The first kappa shape index (κ1) is 12.5. The lowest BCUT2D eigenvalue weighted by Gasteiger charge is -2.16. The Kier molecular flexibility index (Phi) is 2.89. The number of thiophene rings is 1. The summed E-state index contributed by atoms with van der Waals surface area (Å²) in [6.07, 6.45) is 0. The summed E-state index contributed by atoms with van der Waals surface area (Å²) in [6.45, 7) is 6.51. The molecule has 20 heavy (non-hydrogen) atoms. The molecule has 0 aliphatic carbocycles. The third-order valence-electron chi connectivity index (χ3n) is 3.69. The molecule has 4 rings (SSSR count). The molecule has 2 aromatic rings. The molecule has 102 valence electrons. The number of benzene rings is 1. The largest absolute Gasteiger partial charge is 0.317 e. The second-order valence-corrected chi connectivity index (χ2v) is 7.53. The molecule has 0 fully saturated rings. The van der Waals surface area contributed by atoms with Crippen molar-refractivity contribution in [3.63, 3.8) is 0 Å². The van der Waals surface area contributed by atoms with Crippen LogP contribution in [0.15, 0.2) is 40.2 Å². The van der Waals surface area contributed by atoms with E-state index < -0.39 is 0 Å². The van der Waals surface area contributed by atoms with Crippen molar-refractivity contribution in [2.45, 2.75) is 13.8 Å². The Hall–Kier alpha value is -1.26. The molecule has 0 atom stereocenters. The monoisotopic (exact) mass is 300 g/mol. The van der Waals surface area contributed by atoms with E-state index in [9.17, 15) is 0 Å². The fourth-order valence-electron chi connectivity index (χ4n) is 2.75. The number of hydrogen-bond acceptors (Lipinski definition) is 4. The molecule has 0 N–H and O–H groups in total. The molecule has 0 saturated carbocycles. The van der Waals surface area contributed by atoms with Crippen LogP contribution in [0.5, 0.6) is 0 Å². The van der Waals surface area contributed by atoms with Crippen LogP contribution in [0, 0.1) is 5.92 Å². The summed E-state index contributed by atoms with van der Waals surface area (Å²) in [6, 6.07) is 11.0. The lowest BCUT2D eigenvalue weighted by atomic mass is 10.1. The van der Waals surface area contributed by atoms with E-state index in [0.717, 1.165) is 13.1 Å². The van der Waals surface area contributed by atoms with Gasteiger partial charge in [0, 0.05) is 16.1 Å². The molecule has 2 aliphatic rings. The molecular weight excluding hydrogens is 284 g/mol. The summed E-state index contributed by atoms with van der Waals surface area (Å²) >= 11 is 3.76. The van der Waals surface area contributed by atoms with E-state index in [4.69, 9.17) is 0 Å². The van der Waals surface area contributed by atoms with E-state index in [1.807, 2.05) is 23.1 Å². The highest BCUT2D eigenvalue weighted by Crippen LogP contribution is 2.47. The molecule has 0 amide bonds. The van der Waals surface area contributed by atoms with Crippen molar-refractivity contribution in [3.8, 4) is 0 Å². The molecule has 1 aromatic heterocycles. The maximum atomic E-state index is 4.63. The van der Waals surface area contributed by atoms with Crippen molar-refractivity contribution >= 4 is 44.0 Å². The Bertz CT molecular complexity index is 707. The smallest absolute Gasteiger partial charge is 0.168 e. The summed E-state index contributed by atoms with van der Waals surface area (Å²) < 4.78 is 1.37. The molecule has 4 heteroatoms. The predicted molar refractivity (Wildman–Crippen MR) is 90.2 cm³/mol. The van der Waals surface area contributed by atoms with Gasteiger partial charge in [0.25, 0.3) is 0 Å². The zero-order chi connectivity index (χ0) is 13.7. The maximum absolute atomic E-state index is 4.63. The zero-order valence-corrected chi connectivity index (χ0v) is 13.2. The number of amidine groups is 1. The van der Waals surface area contributed by atoms with Crippen molar-refractivity contribution in [1.29, 1.82) is 0 Å². The summed E-state index contributed by atoms with van der Waals surface area (Å²) in [5, 5.41) is 2.54. The topological polar surface area (TPSA) is 15.6 Å². The summed E-state index contributed by atoms with van der Waals surface area (Å²) in [5.74, 6) is 0.550. The number of nitrogens with zero attached hydrogens (tertiary/aromatic N) is 2. The predicted octanol–water partition coefficient (Wildman–Crippen LogP) is 4.64. The van der Waals surface area contributed by atoms with Crippen molar-refractivity contribution in [2.24, 2.45) is 10.9 Å². The Morgan fingerprint density at radius 2 is 2.10 bits per heavy atom. The lowest BCUT2D eigenvalue weighted by Crippen LogP contribution is -2.19. The maximum Gasteiger partial charge on any atom is 0.168 e. The third kappa shape index (κ3) is 1.82. The molecule has 3 heterocycles. The minimum absolute atomic E-state index is 0.550. The first-order valence-corrected chi connectivity index (χ1v) is 8.60. The highest BCUT2D eigenvalue weighted by Gasteiger charge is 2.34. The van der Waals surface area contributed by atoms with Gasteiger partial charge in [-0.2, -0.15) is 0 Å². The SMILES string of the molecule is CC(C)C1=C(c2cc3ccccc3s2)N2CCN=C2S1. The fraction of sp³-hybridized carbons (Fsp3) is 0.312.